The molecule has 0 radical (unpaired) electrons. The van der Waals surface area contributed by atoms with Gasteiger partial charge in [0, 0.05) is 12.1 Å². The van der Waals surface area contributed by atoms with Gasteiger partial charge in [-0.15, -0.1) is 0 Å². The summed E-state index contributed by atoms with van der Waals surface area (Å²) >= 11 is 0. The molecule has 3 aromatic carbocycles. The first-order valence-corrected chi connectivity index (χ1v) is 13.4. The molecule has 1 fully saturated rings. The highest BCUT2D eigenvalue weighted by Gasteiger charge is 2.46. The number of likely N-dealkylation sites (tertiary alicyclic amines) is 1. The summed E-state index contributed by atoms with van der Waals surface area (Å²) in [7, 11) is 0. The number of ketones is 1. The van der Waals surface area contributed by atoms with Crippen molar-refractivity contribution in [2.45, 2.75) is 59.3 Å². The van der Waals surface area contributed by atoms with Crippen molar-refractivity contribution in [3.05, 3.63) is 106 Å². The number of amides is 1. The Labute approximate surface area is 230 Å². The maximum Gasteiger partial charge on any atom is 0.295 e. The number of carbonyl (C=O) groups is 2. The summed E-state index contributed by atoms with van der Waals surface area (Å²) in [5.74, 6) is -0.507. The van der Waals surface area contributed by atoms with Crippen LogP contribution in [0.4, 0.5) is 0 Å². The van der Waals surface area contributed by atoms with Gasteiger partial charge >= 0.3 is 0 Å². The van der Waals surface area contributed by atoms with Crippen molar-refractivity contribution in [3.63, 3.8) is 0 Å². The molecule has 0 aromatic heterocycles. The van der Waals surface area contributed by atoms with Gasteiger partial charge in [-0.1, -0.05) is 68.4 Å². The summed E-state index contributed by atoms with van der Waals surface area (Å²) in [6.45, 7) is 10.9. The smallest absolute Gasteiger partial charge is 0.295 e. The minimum atomic E-state index is -0.712. The Bertz CT molecular complexity index is 1340. The molecule has 6 heteroatoms. The zero-order valence-electron chi connectivity index (χ0n) is 23.3. The van der Waals surface area contributed by atoms with E-state index in [0.717, 1.165) is 22.3 Å². The molecular formula is C33H37NO5. The van der Waals surface area contributed by atoms with E-state index in [1.54, 1.807) is 18.2 Å². The SMILES string of the molecule is Cc1cc(/C(O)=C2/C(=O)C(=O)N(CCOC(C)C)C2c2ccc(C(C)C)cc2)ccc1OCc1ccccc1. The Morgan fingerprint density at radius 1 is 0.949 bits per heavy atom. The number of aliphatic hydroxyl groups is 1. The van der Waals surface area contributed by atoms with Gasteiger partial charge in [-0.2, -0.15) is 0 Å². The highest BCUT2D eigenvalue weighted by molar-refractivity contribution is 6.46. The third-order valence-electron chi connectivity index (χ3n) is 6.93. The van der Waals surface area contributed by atoms with Crippen LogP contribution in [0.3, 0.4) is 0 Å². The highest BCUT2D eigenvalue weighted by Crippen LogP contribution is 2.40. The summed E-state index contributed by atoms with van der Waals surface area (Å²) in [5, 5.41) is 11.4. The second-order valence-corrected chi connectivity index (χ2v) is 10.5. The van der Waals surface area contributed by atoms with Gasteiger partial charge in [0.15, 0.2) is 0 Å². The van der Waals surface area contributed by atoms with Crippen LogP contribution in [-0.4, -0.2) is 41.0 Å². The van der Waals surface area contributed by atoms with Crippen molar-refractivity contribution in [3.8, 4) is 5.75 Å². The lowest BCUT2D eigenvalue weighted by Gasteiger charge is -2.26. The van der Waals surface area contributed by atoms with Crippen LogP contribution in [-0.2, 0) is 20.9 Å². The van der Waals surface area contributed by atoms with E-state index < -0.39 is 17.7 Å². The second kappa shape index (κ2) is 12.3. The molecular weight excluding hydrogens is 490 g/mol. The van der Waals surface area contributed by atoms with E-state index in [4.69, 9.17) is 9.47 Å². The molecule has 1 saturated heterocycles. The van der Waals surface area contributed by atoms with Crippen molar-refractivity contribution in [2.24, 2.45) is 0 Å². The Morgan fingerprint density at radius 3 is 2.26 bits per heavy atom. The fourth-order valence-electron chi connectivity index (χ4n) is 4.76. The first kappa shape index (κ1) is 28.1. The summed E-state index contributed by atoms with van der Waals surface area (Å²) in [4.78, 5) is 28.0. The third kappa shape index (κ3) is 6.40. The molecule has 0 aliphatic carbocycles. The van der Waals surface area contributed by atoms with E-state index in [1.807, 2.05) is 75.4 Å². The second-order valence-electron chi connectivity index (χ2n) is 10.5. The number of nitrogens with zero attached hydrogens (tertiary/aromatic N) is 1. The predicted octanol–water partition coefficient (Wildman–Crippen LogP) is 6.54. The number of aliphatic hydroxyl groups excluding tert-OH is 1. The van der Waals surface area contributed by atoms with E-state index in [0.29, 0.717) is 23.8 Å². The van der Waals surface area contributed by atoms with E-state index in [-0.39, 0.29) is 30.6 Å². The molecule has 6 nitrogen and oxygen atoms in total. The van der Waals surface area contributed by atoms with E-state index >= 15 is 0 Å². The lowest BCUT2D eigenvalue weighted by Crippen LogP contribution is -2.33. The number of aryl methyl sites for hydroxylation is 1. The first-order chi connectivity index (χ1) is 18.7. The number of ether oxygens (including phenoxy) is 2. The molecule has 1 amide bonds. The number of benzene rings is 3. The van der Waals surface area contributed by atoms with Gasteiger partial charge in [0.25, 0.3) is 11.7 Å². The lowest BCUT2D eigenvalue weighted by molar-refractivity contribution is -0.140. The highest BCUT2D eigenvalue weighted by atomic mass is 16.5. The van der Waals surface area contributed by atoms with Gasteiger partial charge in [-0.25, -0.2) is 0 Å². The normalized spacial score (nSPS) is 16.9. The monoisotopic (exact) mass is 527 g/mol. The van der Waals surface area contributed by atoms with Crippen molar-refractivity contribution in [2.75, 3.05) is 13.2 Å². The van der Waals surface area contributed by atoms with E-state index in [1.165, 1.54) is 4.90 Å². The maximum absolute atomic E-state index is 13.3. The largest absolute Gasteiger partial charge is 0.507 e. The van der Waals surface area contributed by atoms with Crippen molar-refractivity contribution in [1.82, 2.24) is 4.90 Å². The molecule has 1 aliphatic heterocycles. The van der Waals surface area contributed by atoms with Gasteiger partial charge in [0.1, 0.15) is 18.1 Å². The van der Waals surface area contributed by atoms with Crippen LogP contribution < -0.4 is 4.74 Å². The van der Waals surface area contributed by atoms with E-state index in [9.17, 15) is 14.7 Å². The maximum atomic E-state index is 13.3. The minimum Gasteiger partial charge on any atom is -0.507 e. The Balaban J connectivity index is 1.69. The zero-order valence-corrected chi connectivity index (χ0v) is 23.3. The van der Waals surface area contributed by atoms with Crippen LogP contribution in [0.15, 0.2) is 78.4 Å². The molecule has 39 heavy (non-hydrogen) atoms. The molecule has 0 bridgehead atoms. The number of hydrogen-bond donors (Lipinski definition) is 1. The fourth-order valence-corrected chi connectivity index (χ4v) is 4.76. The average Bonchev–Trinajstić information content (AvgIpc) is 3.17. The number of Topliss-reactive ketones (excluding diaryl/α,β-unsaturated/α-hetero) is 1. The molecule has 1 aliphatic rings. The van der Waals surface area contributed by atoms with E-state index in [2.05, 4.69) is 13.8 Å². The predicted molar refractivity (Wildman–Crippen MR) is 153 cm³/mol. The molecule has 0 spiro atoms. The van der Waals surface area contributed by atoms with Gasteiger partial charge in [0.2, 0.25) is 0 Å². The van der Waals surface area contributed by atoms with Gasteiger partial charge in [0.05, 0.1) is 24.3 Å². The van der Waals surface area contributed by atoms with Crippen LogP contribution in [0.25, 0.3) is 5.76 Å². The summed E-state index contributed by atoms with van der Waals surface area (Å²) in [5.41, 5.74) is 4.32. The summed E-state index contributed by atoms with van der Waals surface area (Å²) in [6.07, 6.45) is -0.00352. The topological polar surface area (TPSA) is 76.1 Å². The van der Waals surface area contributed by atoms with Crippen LogP contribution in [0, 0.1) is 6.92 Å². The average molecular weight is 528 g/mol. The lowest BCUT2D eigenvalue weighted by atomic mass is 9.93. The summed E-state index contributed by atoms with van der Waals surface area (Å²) in [6, 6.07) is 22.3. The molecule has 1 N–H and O–H groups in total. The summed E-state index contributed by atoms with van der Waals surface area (Å²) < 4.78 is 11.7. The van der Waals surface area contributed by atoms with Gasteiger partial charge in [-0.05, 0) is 67.1 Å². The Hall–Kier alpha value is -3.90. The molecule has 3 aromatic rings. The van der Waals surface area contributed by atoms with Crippen LogP contribution >= 0.6 is 0 Å². The van der Waals surface area contributed by atoms with Crippen LogP contribution in [0.2, 0.25) is 0 Å². The Kier molecular flexibility index (Phi) is 8.87. The van der Waals surface area contributed by atoms with Crippen molar-refractivity contribution >= 4 is 17.4 Å². The third-order valence-corrected chi connectivity index (χ3v) is 6.93. The molecule has 1 unspecified atom stereocenters. The number of carbonyl (C=O) groups excluding carboxylic acids is 2. The number of hydrogen-bond acceptors (Lipinski definition) is 5. The van der Waals surface area contributed by atoms with Crippen molar-refractivity contribution in [1.29, 1.82) is 0 Å². The van der Waals surface area contributed by atoms with Gasteiger partial charge < -0.3 is 19.5 Å². The number of rotatable bonds is 10. The first-order valence-electron chi connectivity index (χ1n) is 13.4. The standard InChI is InChI=1S/C33H37NO5/c1-21(2)25-11-13-26(14-12-25)30-29(32(36)33(37)34(30)17-18-38-22(3)4)31(35)27-15-16-28(23(5)19-27)39-20-24-9-7-6-8-10-24/h6-16,19,21-22,30,35H,17-18,20H2,1-5H3/b31-29-. The fraction of sp³-hybridized carbons (Fsp3) is 0.333. The quantitative estimate of drug-likeness (QED) is 0.184. The Morgan fingerprint density at radius 2 is 1.64 bits per heavy atom. The van der Waals surface area contributed by atoms with Crippen molar-refractivity contribution < 1.29 is 24.2 Å². The molecule has 0 saturated carbocycles. The minimum absolute atomic E-state index is 0.00352. The molecule has 204 valence electrons. The van der Waals surface area contributed by atoms with Crippen LogP contribution in [0.5, 0.6) is 5.75 Å². The van der Waals surface area contributed by atoms with Gasteiger partial charge in [-0.3, -0.25) is 9.59 Å². The molecule has 1 atom stereocenters. The van der Waals surface area contributed by atoms with Crippen LogP contribution in [0.1, 0.15) is 67.5 Å². The zero-order chi connectivity index (χ0) is 28.1. The molecule has 1 heterocycles. The molecule has 4 rings (SSSR count).